The van der Waals surface area contributed by atoms with Gasteiger partial charge >= 0.3 is 0 Å². The van der Waals surface area contributed by atoms with Gasteiger partial charge in [-0.1, -0.05) is 0 Å². The fourth-order valence-corrected chi connectivity index (χ4v) is 2.70. The second kappa shape index (κ2) is 3.56. The van der Waals surface area contributed by atoms with Crippen molar-refractivity contribution in [3.63, 3.8) is 0 Å². The highest BCUT2D eigenvalue weighted by atomic mass is 16.3. The quantitative estimate of drug-likeness (QED) is 0.636. The number of β-amino-alcohol motifs (C(OH)–C–C–N with tert-alkyl or cyclic N) is 1. The first-order valence-corrected chi connectivity index (χ1v) is 5.31. The Bertz CT molecular complexity index is 176. The van der Waals surface area contributed by atoms with Gasteiger partial charge in [-0.15, -0.1) is 0 Å². The number of hydrogen-bond donors (Lipinski definition) is 2. The second-order valence-electron chi connectivity index (χ2n) is 4.76. The molecule has 2 aliphatic heterocycles. The average Bonchev–Trinajstić information content (AvgIpc) is 2.63. The Morgan fingerprint density at radius 2 is 2.38 bits per heavy atom. The van der Waals surface area contributed by atoms with Crippen molar-refractivity contribution >= 4 is 0 Å². The first-order chi connectivity index (χ1) is 6.20. The summed E-state index contributed by atoms with van der Waals surface area (Å²) < 4.78 is 0. The van der Waals surface area contributed by atoms with E-state index in [1.807, 2.05) is 6.92 Å². The molecule has 3 heteroatoms. The third kappa shape index (κ3) is 2.03. The normalized spacial score (nSPS) is 37.4. The molecule has 0 amide bonds. The highest BCUT2D eigenvalue weighted by Gasteiger charge is 2.40. The minimum atomic E-state index is -0.176. The van der Waals surface area contributed by atoms with Gasteiger partial charge in [0.25, 0.3) is 0 Å². The monoisotopic (exact) mass is 184 g/mol. The van der Waals surface area contributed by atoms with Crippen LogP contribution in [0.4, 0.5) is 0 Å². The van der Waals surface area contributed by atoms with Gasteiger partial charge in [0, 0.05) is 19.6 Å². The molecule has 2 N–H and O–H groups in total. The molecule has 3 nitrogen and oxygen atoms in total. The third-order valence-electron chi connectivity index (χ3n) is 3.37. The Morgan fingerprint density at radius 3 is 3.00 bits per heavy atom. The summed E-state index contributed by atoms with van der Waals surface area (Å²) >= 11 is 0. The van der Waals surface area contributed by atoms with E-state index in [9.17, 15) is 5.11 Å². The maximum absolute atomic E-state index is 9.29. The third-order valence-corrected chi connectivity index (χ3v) is 3.37. The number of nitrogens with zero attached hydrogens (tertiary/aromatic N) is 1. The summed E-state index contributed by atoms with van der Waals surface area (Å²) in [6, 6.07) is 0. The van der Waals surface area contributed by atoms with Gasteiger partial charge in [-0.3, -0.25) is 0 Å². The molecule has 0 aromatic heterocycles. The predicted molar refractivity (Wildman–Crippen MR) is 52.7 cm³/mol. The number of hydrogen-bond acceptors (Lipinski definition) is 3. The van der Waals surface area contributed by atoms with Crippen molar-refractivity contribution in [3.05, 3.63) is 0 Å². The summed E-state index contributed by atoms with van der Waals surface area (Å²) in [6.07, 6.45) is 2.46. The molecule has 2 aliphatic rings. The Morgan fingerprint density at radius 1 is 1.54 bits per heavy atom. The Hall–Kier alpha value is -0.120. The molecule has 2 heterocycles. The largest absolute Gasteiger partial charge is 0.392 e. The molecule has 0 radical (unpaired) electrons. The van der Waals surface area contributed by atoms with Gasteiger partial charge in [-0.25, -0.2) is 0 Å². The minimum absolute atomic E-state index is 0.176. The van der Waals surface area contributed by atoms with E-state index in [2.05, 4.69) is 10.2 Å². The van der Waals surface area contributed by atoms with Crippen LogP contribution in [0.3, 0.4) is 0 Å². The van der Waals surface area contributed by atoms with E-state index >= 15 is 0 Å². The lowest BCUT2D eigenvalue weighted by atomic mass is 9.87. The van der Waals surface area contributed by atoms with E-state index < -0.39 is 0 Å². The SMILES string of the molecule is C[C@@H](O)CN1CCC2(CCNC2)C1. The molecule has 1 spiro atoms. The Labute approximate surface area is 80.1 Å². The number of aliphatic hydroxyl groups is 1. The van der Waals surface area contributed by atoms with Crippen molar-refractivity contribution in [3.8, 4) is 0 Å². The number of aliphatic hydroxyl groups excluding tert-OH is 1. The first-order valence-electron chi connectivity index (χ1n) is 5.31. The van der Waals surface area contributed by atoms with Crippen LogP contribution in [0.1, 0.15) is 19.8 Å². The Kier molecular flexibility index (Phi) is 2.58. The topological polar surface area (TPSA) is 35.5 Å². The van der Waals surface area contributed by atoms with Crippen molar-refractivity contribution in [2.45, 2.75) is 25.9 Å². The number of rotatable bonds is 2. The average molecular weight is 184 g/mol. The van der Waals surface area contributed by atoms with E-state index in [-0.39, 0.29) is 6.10 Å². The molecule has 76 valence electrons. The van der Waals surface area contributed by atoms with E-state index in [1.165, 1.54) is 39.0 Å². The van der Waals surface area contributed by atoms with Gasteiger partial charge in [-0.2, -0.15) is 0 Å². The van der Waals surface area contributed by atoms with Crippen LogP contribution in [0.15, 0.2) is 0 Å². The van der Waals surface area contributed by atoms with Gasteiger partial charge in [0.15, 0.2) is 0 Å². The molecule has 2 fully saturated rings. The van der Waals surface area contributed by atoms with Crippen LogP contribution >= 0.6 is 0 Å². The van der Waals surface area contributed by atoms with Crippen LogP contribution in [-0.4, -0.2) is 48.8 Å². The molecule has 0 aromatic rings. The van der Waals surface area contributed by atoms with Crippen LogP contribution in [0.2, 0.25) is 0 Å². The maximum atomic E-state index is 9.29. The summed E-state index contributed by atoms with van der Waals surface area (Å²) in [5, 5.41) is 12.7. The van der Waals surface area contributed by atoms with Crippen LogP contribution in [0.25, 0.3) is 0 Å². The van der Waals surface area contributed by atoms with Crippen molar-refractivity contribution in [2.75, 3.05) is 32.7 Å². The molecule has 1 unspecified atom stereocenters. The molecule has 0 aliphatic carbocycles. The lowest BCUT2D eigenvalue weighted by molar-refractivity contribution is 0.133. The maximum Gasteiger partial charge on any atom is 0.0639 e. The van der Waals surface area contributed by atoms with Crippen molar-refractivity contribution < 1.29 is 5.11 Å². The predicted octanol–water partition coefficient (Wildman–Crippen LogP) is 0.0526. The lowest BCUT2D eigenvalue weighted by Gasteiger charge is -2.23. The molecule has 2 rings (SSSR count). The molecule has 2 saturated heterocycles. The zero-order valence-electron chi connectivity index (χ0n) is 8.42. The number of nitrogens with one attached hydrogen (secondary N) is 1. The standard InChI is InChI=1S/C10H20N2O/c1-9(13)6-12-5-3-10(8-12)2-4-11-7-10/h9,11,13H,2-8H2,1H3/t9-,10?/m1/s1. The van der Waals surface area contributed by atoms with E-state index in [4.69, 9.17) is 0 Å². The van der Waals surface area contributed by atoms with Crippen molar-refractivity contribution in [1.29, 1.82) is 0 Å². The summed E-state index contributed by atoms with van der Waals surface area (Å²) in [7, 11) is 0. The highest BCUT2D eigenvalue weighted by Crippen LogP contribution is 2.35. The smallest absolute Gasteiger partial charge is 0.0639 e. The van der Waals surface area contributed by atoms with Gasteiger partial charge in [0.1, 0.15) is 0 Å². The minimum Gasteiger partial charge on any atom is -0.392 e. The molecule has 2 atom stereocenters. The highest BCUT2D eigenvalue weighted by molar-refractivity contribution is 4.95. The fraction of sp³-hybridized carbons (Fsp3) is 1.00. The molecule has 0 saturated carbocycles. The lowest BCUT2D eigenvalue weighted by Crippen LogP contribution is -2.33. The molecular weight excluding hydrogens is 164 g/mol. The molecule has 0 aromatic carbocycles. The summed E-state index contributed by atoms with van der Waals surface area (Å²) in [5.41, 5.74) is 0.550. The van der Waals surface area contributed by atoms with E-state index in [0.717, 1.165) is 6.54 Å². The summed E-state index contributed by atoms with van der Waals surface area (Å²) in [4.78, 5) is 2.40. The van der Waals surface area contributed by atoms with Crippen LogP contribution in [0.5, 0.6) is 0 Å². The van der Waals surface area contributed by atoms with Crippen molar-refractivity contribution in [2.24, 2.45) is 5.41 Å². The van der Waals surface area contributed by atoms with Gasteiger partial charge in [0.2, 0.25) is 0 Å². The summed E-state index contributed by atoms with van der Waals surface area (Å²) in [6.45, 7) is 7.45. The van der Waals surface area contributed by atoms with Crippen molar-refractivity contribution in [1.82, 2.24) is 10.2 Å². The molecule has 0 bridgehead atoms. The number of likely N-dealkylation sites (tertiary alicyclic amines) is 1. The molecular formula is C10H20N2O. The fourth-order valence-electron chi connectivity index (χ4n) is 2.70. The zero-order chi connectivity index (χ0) is 9.31. The second-order valence-corrected chi connectivity index (χ2v) is 4.76. The first kappa shape index (κ1) is 9.44. The summed E-state index contributed by atoms with van der Waals surface area (Å²) in [5.74, 6) is 0. The van der Waals surface area contributed by atoms with Crippen LogP contribution in [0, 0.1) is 5.41 Å². The van der Waals surface area contributed by atoms with Crippen LogP contribution < -0.4 is 5.32 Å². The Balaban J connectivity index is 1.86. The van der Waals surface area contributed by atoms with Gasteiger partial charge < -0.3 is 15.3 Å². The molecule has 13 heavy (non-hydrogen) atoms. The van der Waals surface area contributed by atoms with E-state index in [0.29, 0.717) is 5.41 Å². The van der Waals surface area contributed by atoms with Crippen LogP contribution in [-0.2, 0) is 0 Å². The van der Waals surface area contributed by atoms with Gasteiger partial charge in [0.05, 0.1) is 6.10 Å². The zero-order valence-corrected chi connectivity index (χ0v) is 8.42. The van der Waals surface area contributed by atoms with E-state index in [1.54, 1.807) is 0 Å². The van der Waals surface area contributed by atoms with Gasteiger partial charge in [-0.05, 0) is 38.3 Å².